The molecule has 2 aromatic rings. The first kappa shape index (κ1) is 14.1. The molecule has 3 rings (SSSR count). The molecule has 7 heteroatoms. The minimum absolute atomic E-state index is 0.0522. The van der Waals surface area contributed by atoms with E-state index in [0.717, 1.165) is 17.9 Å². The monoisotopic (exact) mass is 304 g/mol. The Morgan fingerprint density at radius 1 is 1.29 bits per heavy atom. The van der Waals surface area contributed by atoms with Gasteiger partial charge in [0.1, 0.15) is 10.7 Å². The van der Waals surface area contributed by atoms with E-state index in [2.05, 4.69) is 15.0 Å². The summed E-state index contributed by atoms with van der Waals surface area (Å²) in [5, 5.41) is 0. The van der Waals surface area contributed by atoms with Crippen LogP contribution in [0.25, 0.3) is 0 Å². The molecule has 0 bridgehead atoms. The van der Waals surface area contributed by atoms with Crippen LogP contribution in [0.2, 0.25) is 0 Å². The lowest BCUT2D eigenvalue weighted by Crippen LogP contribution is -2.28. The van der Waals surface area contributed by atoms with E-state index in [-0.39, 0.29) is 10.8 Å². The summed E-state index contributed by atoms with van der Waals surface area (Å²) in [6.07, 6.45) is 5.40. The number of sulfonamides is 1. The molecule has 3 heterocycles. The van der Waals surface area contributed by atoms with Gasteiger partial charge in [-0.3, -0.25) is 4.98 Å². The Bertz CT molecular complexity index is 734. The van der Waals surface area contributed by atoms with Crippen molar-refractivity contribution in [3.05, 3.63) is 48.3 Å². The fourth-order valence-electron chi connectivity index (χ4n) is 2.47. The van der Waals surface area contributed by atoms with E-state index in [0.29, 0.717) is 13.1 Å². The molecule has 1 fully saturated rings. The highest BCUT2D eigenvalue weighted by Gasteiger charge is 2.34. The van der Waals surface area contributed by atoms with Crippen molar-refractivity contribution in [2.75, 3.05) is 13.1 Å². The van der Waals surface area contributed by atoms with Gasteiger partial charge in [0.15, 0.2) is 0 Å². The number of aryl methyl sites for hydroxylation is 1. The Labute approximate surface area is 123 Å². The molecule has 0 unspecified atom stereocenters. The molecule has 0 aromatic carbocycles. The van der Waals surface area contributed by atoms with E-state index in [1.54, 1.807) is 24.5 Å². The maximum atomic E-state index is 12.5. The van der Waals surface area contributed by atoms with E-state index in [9.17, 15) is 8.42 Å². The van der Waals surface area contributed by atoms with Gasteiger partial charge < -0.3 is 0 Å². The number of hydrogen-bond donors (Lipinski definition) is 0. The highest BCUT2D eigenvalue weighted by atomic mass is 32.2. The standard InChI is InChI=1S/C14H16N4O2S/c1-11-4-7-16-14(17-11)12-5-8-18(10-12)21(19,20)13-3-2-6-15-9-13/h2-4,6-7,9,12H,5,8,10H2,1H3/t12-/m0/s1. The first-order valence-corrected chi connectivity index (χ1v) is 8.21. The Hall–Kier alpha value is -1.86. The van der Waals surface area contributed by atoms with Gasteiger partial charge in [0.25, 0.3) is 0 Å². The van der Waals surface area contributed by atoms with Crippen LogP contribution in [0.3, 0.4) is 0 Å². The molecule has 1 aliphatic heterocycles. The second-order valence-electron chi connectivity index (χ2n) is 5.09. The van der Waals surface area contributed by atoms with E-state index in [1.165, 1.54) is 10.5 Å². The van der Waals surface area contributed by atoms with Gasteiger partial charge in [0.2, 0.25) is 10.0 Å². The van der Waals surface area contributed by atoms with Crippen molar-refractivity contribution in [2.24, 2.45) is 0 Å². The first-order valence-electron chi connectivity index (χ1n) is 6.77. The summed E-state index contributed by atoms with van der Waals surface area (Å²) >= 11 is 0. The van der Waals surface area contributed by atoms with Gasteiger partial charge in [-0.2, -0.15) is 4.31 Å². The summed E-state index contributed by atoms with van der Waals surface area (Å²) in [7, 11) is -3.47. The maximum Gasteiger partial charge on any atom is 0.244 e. The predicted octanol–water partition coefficient (Wildman–Crippen LogP) is 1.36. The van der Waals surface area contributed by atoms with Crippen LogP contribution in [0, 0.1) is 6.92 Å². The highest BCUT2D eigenvalue weighted by molar-refractivity contribution is 7.89. The second-order valence-corrected chi connectivity index (χ2v) is 7.03. The summed E-state index contributed by atoms with van der Waals surface area (Å²) in [5.74, 6) is 0.773. The molecular weight excluding hydrogens is 288 g/mol. The number of nitrogens with zero attached hydrogens (tertiary/aromatic N) is 4. The van der Waals surface area contributed by atoms with Crippen LogP contribution in [-0.4, -0.2) is 40.8 Å². The third-order valence-electron chi connectivity index (χ3n) is 3.60. The molecule has 0 aliphatic carbocycles. The predicted molar refractivity (Wildman–Crippen MR) is 77.1 cm³/mol. The van der Waals surface area contributed by atoms with Crippen LogP contribution in [0.1, 0.15) is 23.9 Å². The van der Waals surface area contributed by atoms with Gasteiger partial charge in [0, 0.05) is 43.3 Å². The van der Waals surface area contributed by atoms with Crippen LogP contribution in [-0.2, 0) is 10.0 Å². The van der Waals surface area contributed by atoms with Gasteiger partial charge >= 0.3 is 0 Å². The summed E-state index contributed by atoms with van der Waals surface area (Å²) < 4.78 is 26.5. The number of hydrogen-bond acceptors (Lipinski definition) is 5. The lowest BCUT2D eigenvalue weighted by atomic mass is 10.1. The summed E-state index contributed by atoms with van der Waals surface area (Å²) in [5.41, 5.74) is 0.897. The SMILES string of the molecule is Cc1ccnc([C@H]2CCN(S(=O)(=O)c3cccnc3)C2)n1. The second kappa shape index (κ2) is 5.50. The Morgan fingerprint density at radius 2 is 2.14 bits per heavy atom. The molecule has 0 spiro atoms. The largest absolute Gasteiger partial charge is 0.263 e. The molecule has 1 aliphatic rings. The van der Waals surface area contributed by atoms with Crippen LogP contribution in [0.15, 0.2) is 41.7 Å². The Morgan fingerprint density at radius 3 is 2.86 bits per heavy atom. The molecular formula is C14H16N4O2S. The molecule has 6 nitrogen and oxygen atoms in total. The molecule has 0 amide bonds. The van der Waals surface area contributed by atoms with Crippen molar-refractivity contribution in [1.29, 1.82) is 0 Å². The molecule has 1 saturated heterocycles. The first-order chi connectivity index (χ1) is 10.1. The van der Waals surface area contributed by atoms with Gasteiger partial charge in [0.05, 0.1) is 0 Å². The molecule has 2 aromatic heterocycles. The normalized spacial score (nSPS) is 19.8. The smallest absolute Gasteiger partial charge is 0.244 e. The third kappa shape index (κ3) is 2.79. The Kier molecular flexibility index (Phi) is 3.69. The molecule has 1 atom stereocenters. The van der Waals surface area contributed by atoms with Crippen molar-refractivity contribution >= 4 is 10.0 Å². The quantitative estimate of drug-likeness (QED) is 0.855. The zero-order chi connectivity index (χ0) is 14.9. The molecule has 21 heavy (non-hydrogen) atoms. The average Bonchev–Trinajstić information content (AvgIpc) is 2.99. The van der Waals surface area contributed by atoms with Gasteiger partial charge in [-0.25, -0.2) is 18.4 Å². The van der Waals surface area contributed by atoms with Gasteiger partial charge in [-0.1, -0.05) is 0 Å². The molecule has 110 valence electrons. The van der Waals surface area contributed by atoms with E-state index < -0.39 is 10.0 Å². The van der Waals surface area contributed by atoms with Crippen molar-refractivity contribution in [1.82, 2.24) is 19.3 Å². The minimum Gasteiger partial charge on any atom is -0.263 e. The molecule has 0 N–H and O–H groups in total. The molecule has 0 radical (unpaired) electrons. The van der Waals surface area contributed by atoms with Crippen LogP contribution in [0.5, 0.6) is 0 Å². The minimum atomic E-state index is -3.47. The maximum absolute atomic E-state index is 12.5. The topological polar surface area (TPSA) is 76.1 Å². The van der Waals surface area contributed by atoms with Crippen LogP contribution in [0.4, 0.5) is 0 Å². The van der Waals surface area contributed by atoms with Crippen molar-refractivity contribution in [2.45, 2.75) is 24.2 Å². The highest BCUT2D eigenvalue weighted by Crippen LogP contribution is 2.29. The van der Waals surface area contributed by atoms with E-state index >= 15 is 0 Å². The lowest BCUT2D eigenvalue weighted by Gasteiger charge is -2.16. The summed E-state index contributed by atoms with van der Waals surface area (Å²) in [4.78, 5) is 12.8. The third-order valence-corrected chi connectivity index (χ3v) is 5.45. The van der Waals surface area contributed by atoms with E-state index in [1.807, 2.05) is 13.0 Å². The van der Waals surface area contributed by atoms with Crippen molar-refractivity contribution in [3.8, 4) is 0 Å². The fraction of sp³-hybridized carbons (Fsp3) is 0.357. The van der Waals surface area contributed by atoms with Crippen molar-refractivity contribution < 1.29 is 8.42 Å². The zero-order valence-electron chi connectivity index (χ0n) is 11.7. The summed E-state index contributed by atoms with van der Waals surface area (Å²) in [6.45, 7) is 2.81. The summed E-state index contributed by atoms with van der Waals surface area (Å²) in [6, 6.07) is 5.03. The van der Waals surface area contributed by atoms with Crippen LogP contribution >= 0.6 is 0 Å². The van der Waals surface area contributed by atoms with E-state index in [4.69, 9.17) is 0 Å². The number of pyridine rings is 1. The lowest BCUT2D eigenvalue weighted by molar-refractivity contribution is 0.470. The van der Waals surface area contributed by atoms with Gasteiger partial charge in [-0.05, 0) is 31.5 Å². The van der Waals surface area contributed by atoms with Crippen molar-refractivity contribution in [3.63, 3.8) is 0 Å². The number of aromatic nitrogens is 3. The fourth-order valence-corrected chi connectivity index (χ4v) is 3.94. The molecule has 0 saturated carbocycles. The Balaban J connectivity index is 1.81. The number of rotatable bonds is 3. The zero-order valence-corrected chi connectivity index (χ0v) is 12.5. The van der Waals surface area contributed by atoms with Crippen LogP contribution < -0.4 is 0 Å². The average molecular weight is 304 g/mol. The van der Waals surface area contributed by atoms with Gasteiger partial charge in [-0.15, -0.1) is 0 Å².